The average molecular weight is 268 g/mol. The topological polar surface area (TPSA) is 55.6 Å². The van der Waals surface area contributed by atoms with E-state index in [1.54, 1.807) is 19.1 Å². The number of carbonyl (C=O) groups is 1. The fourth-order valence-electron chi connectivity index (χ4n) is 1.76. The Balaban J connectivity index is 2.67. The quantitative estimate of drug-likeness (QED) is 0.764. The summed E-state index contributed by atoms with van der Waals surface area (Å²) in [5, 5.41) is 0. The van der Waals surface area contributed by atoms with Gasteiger partial charge in [0, 0.05) is 18.7 Å². The zero-order valence-electron chi connectivity index (χ0n) is 11.5. The SMILES string of the molecule is CCOC(=O)CN(CC)Cc1ccc(CN)cc1F. The van der Waals surface area contributed by atoms with Crippen LogP contribution in [0.1, 0.15) is 25.0 Å². The fraction of sp³-hybridized carbons (Fsp3) is 0.500. The lowest BCUT2D eigenvalue weighted by molar-refractivity contribution is -0.144. The highest BCUT2D eigenvalue weighted by Gasteiger charge is 2.12. The molecule has 0 amide bonds. The second-order valence-corrected chi connectivity index (χ2v) is 4.24. The number of ether oxygens (including phenoxy) is 1. The second kappa shape index (κ2) is 7.86. The molecular formula is C14H21FN2O2. The summed E-state index contributed by atoms with van der Waals surface area (Å²) in [7, 11) is 0. The van der Waals surface area contributed by atoms with Crippen molar-refractivity contribution < 1.29 is 13.9 Å². The first-order valence-corrected chi connectivity index (χ1v) is 6.46. The summed E-state index contributed by atoms with van der Waals surface area (Å²) in [6.07, 6.45) is 0. The largest absolute Gasteiger partial charge is 0.465 e. The van der Waals surface area contributed by atoms with E-state index in [9.17, 15) is 9.18 Å². The summed E-state index contributed by atoms with van der Waals surface area (Å²) in [6.45, 7) is 5.56. The van der Waals surface area contributed by atoms with Crippen LogP contribution in [-0.2, 0) is 22.6 Å². The van der Waals surface area contributed by atoms with Crippen molar-refractivity contribution in [3.63, 3.8) is 0 Å². The van der Waals surface area contributed by atoms with Gasteiger partial charge >= 0.3 is 5.97 Å². The van der Waals surface area contributed by atoms with E-state index in [1.165, 1.54) is 6.07 Å². The molecule has 1 aromatic rings. The smallest absolute Gasteiger partial charge is 0.320 e. The maximum Gasteiger partial charge on any atom is 0.320 e. The number of likely N-dealkylation sites (N-methyl/N-ethyl adjacent to an activating group) is 1. The zero-order valence-corrected chi connectivity index (χ0v) is 11.5. The van der Waals surface area contributed by atoms with Crippen LogP contribution in [0.4, 0.5) is 4.39 Å². The highest BCUT2D eigenvalue weighted by molar-refractivity contribution is 5.71. The lowest BCUT2D eigenvalue weighted by Gasteiger charge is -2.19. The van der Waals surface area contributed by atoms with Gasteiger partial charge in [-0.3, -0.25) is 9.69 Å². The molecule has 0 bridgehead atoms. The molecule has 0 aliphatic carbocycles. The van der Waals surface area contributed by atoms with Crippen LogP contribution in [0.5, 0.6) is 0 Å². The Bertz CT molecular complexity index is 424. The molecule has 0 aliphatic heterocycles. The Labute approximate surface area is 113 Å². The van der Waals surface area contributed by atoms with Crippen molar-refractivity contribution in [2.24, 2.45) is 5.73 Å². The van der Waals surface area contributed by atoms with Crippen molar-refractivity contribution in [3.8, 4) is 0 Å². The third kappa shape index (κ3) is 4.96. The molecule has 0 atom stereocenters. The van der Waals surface area contributed by atoms with Gasteiger partial charge in [-0.1, -0.05) is 19.1 Å². The molecule has 0 spiro atoms. The minimum absolute atomic E-state index is 0.169. The molecule has 0 saturated carbocycles. The minimum atomic E-state index is -0.289. The van der Waals surface area contributed by atoms with Gasteiger partial charge in [0.15, 0.2) is 0 Å². The van der Waals surface area contributed by atoms with Crippen molar-refractivity contribution in [2.45, 2.75) is 26.9 Å². The van der Waals surface area contributed by atoms with Crippen LogP contribution in [0, 0.1) is 5.82 Å². The molecule has 0 fully saturated rings. The van der Waals surface area contributed by atoms with Crippen LogP contribution >= 0.6 is 0 Å². The second-order valence-electron chi connectivity index (χ2n) is 4.24. The van der Waals surface area contributed by atoms with E-state index in [0.717, 1.165) is 5.56 Å². The van der Waals surface area contributed by atoms with Crippen molar-refractivity contribution in [2.75, 3.05) is 19.7 Å². The van der Waals surface area contributed by atoms with Gasteiger partial charge in [-0.2, -0.15) is 0 Å². The number of benzene rings is 1. The lowest BCUT2D eigenvalue weighted by Crippen LogP contribution is -2.30. The summed E-state index contributed by atoms with van der Waals surface area (Å²) in [4.78, 5) is 13.2. The summed E-state index contributed by atoms with van der Waals surface area (Å²) in [6, 6.07) is 4.95. The Hall–Kier alpha value is -1.46. The van der Waals surface area contributed by atoms with Gasteiger partial charge in [0.05, 0.1) is 13.2 Å². The maximum atomic E-state index is 13.8. The summed E-state index contributed by atoms with van der Waals surface area (Å²) >= 11 is 0. The molecule has 5 heteroatoms. The summed E-state index contributed by atoms with van der Waals surface area (Å²) < 4.78 is 18.7. The normalized spacial score (nSPS) is 10.8. The molecule has 0 unspecified atom stereocenters. The van der Waals surface area contributed by atoms with Crippen LogP contribution in [0.15, 0.2) is 18.2 Å². The molecular weight excluding hydrogens is 247 g/mol. The van der Waals surface area contributed by atoms with E-state index < -0.39 is 0 Å². The Morgan fingerprint density at radius 3 is 2.68 bits per heavy atom. The van der Waals surface area contributed by atoms with E-state index in [1.807, 2.05) is 11.8 Å². The number of nitrogens with two attached hydrogens (primary N) is 1. The Morgan fingerprint density at radius 1 is 1.42 bits per heavy atom. The van der Waals surface area contributed by atoms with Gasteiger partial charge in [0.2, 0.25) is 0 Å². The van der Waals surface area contributed by atoms with E-state index in [2.05, 4.69) is 0 Å². The third-order valence-corrected chi connectivity index (χ3v) is 2.85. The minimum Gasteiger partial charge on any atom is -0.465 e. The van der Waals surface area contributed by atoms with Crippen molar-refractivity contribution in [1.29, 1.82) is 0 Å². The molecule has 0 radical (unpaired) electrons. The van der Waals surface area contributed by atoms with Crippen molar-refractivity contribution >= 4 is 5.97 Å². The first-order chi connectivity index (χ1) is 9.10. The maximum absolute atomic E-state index is 13.8. The predicted molar refractivity (Wildman–Crippen MR) is 71.9 cm³/mol. The number of esters is 1. The van der Waals surface area contributed by atoms with Gasteiger partial charge in [-0.05, 0) is 25.1 Å². The molecule has 0 aromatic heterocycles. The third-order valence-electron chi connectivity index (χ3n) is 2.85. The zero-order chi connectivity index (χ0) is 14.3. The highest BCUT2D eigenvalue weighted by atomic mass is 19.1. The summed E-state index contributed by atoms with van der Waals surface area (Å²) in [5.41, 5.74) is 6.77. The molecule has 1 rings (SSSR count). The molecule has 19 heavy (non-hydrogen) atoms. The number of hydrogen-bond donors (Lipinski definition) is 1. The van der Waals surface area contributed by atoms with E-state index >= 15 is 0 Å². The summed E-state index contributed by atoms with van der Waals surface area (Å²) in [5.74, 6) is -0.575. The first kappa shape index (κ1) is 15.6. The molecule has 1 aromatic carbocycles. The van der Waals surface area contributed by atoms with Crippen LogP contribution in [0.25, 0.3) is 0 Å². The standard InChI is InChI=1S/C14H21FN2O2/c1-3-17(10-14(18)19-4-2)9-12-6-5-11(8-16)7-13(12)15/h5-7H,3-4,8-10,16H2,1-2H3. The molecule has 0 aliphatic rings. The first-order valence-electron chi connectivity index (χ1n) is 6.46. The number of rotatable bonds is 7. The molecule has 0 heterocycles. The van der Waals surface area contributed by atoms with Crippen molar-refractivity contribution in [3.05, 3.63) is 35.1 Å². The molecule has 2 N–H and O–H groups in total. The van der Waals surface area contributed by atoms with Crippen LogP contribution in [0.3, 0.4) is 0 Å². The molecule has 4 nitrogen and oxygen atoms in total. The number of carbonyl (C=O) groups excluding carboxylic acids is 1. The average Bonchev–Trinajstić information content (AvgIpc) is 2.40. The van der Waals surface area contributed by atoms with Gasteiger partial charge in [0.25, 0.3) is 0 Å². The van der Waals surface area contributed by atoms with Gasteiger partial charge < -0.3 is 10.5 Å². The van der Waals surface area contributed by atoms with Gasteiger partial charge in [0.1, 0.15) is 5.82 Å². The predicted octanol–water partition coefficient (Wildman–Crippen LogP) is 1.67. The van der Waals surface area contributed by atoms with Crippen LogP contribution in [-0.4, -0.2) is 30.6 Å². The van der Waals surface area contributed by atoms with E-state index in [-0.39, 0.29) is 18.3 Å². The fourth-order valence-corrected chi connectivity index (χ4v) is 1.76. The van der Waals surface area contributed by atoms with Crippen LogP contribution < -0.4 is 5.73 Å². The molecule has 106 valence electrons. The van der Waals surface area contributed by atoms with Crippen molar-refractivity contribution in [1.82, 2.24) is 4.90 Å². The highest BCUT2D eigenvalue weighted by Crippen LogP contribution is 2.12. The number of halogens is 1. The number of hydrogen-bond acceptors (Lipinski definition) is 4. The van der Waals surface area contributed by atoms with E-state index in [0.29, 0.717) is 31.8 Å². The number of nitrogens with zero attached hydrogens (tertiary/aromatic N) is 1. The molecule has 0 saturated heterocycles. The van der Waals surface area contributed by atoms with E-state index in [4.69, 9.17) is 10.5 Å². The van der Waals surface area contributed by atoms with Gasteiger partial charge in [-0.25, -0.2) is 4.39 Å². The Morgan fingerprint density at radius 2 is 2.16 bits per heavy atom. The van der Waals surface area contributed by atoms with Gasteiger partial charge in [-0.15, -0.1) is 0 Å². The Kier molecular flexibility index (Phi) is 6.45. The lowest BCUT2D eigenvalue weighted by atomic mass is 10.1. The van der Waals surface area contributed by atoms with Crippen LogP contribution in [0.2, 0.25) is 0 Å². The monoisotopic (exact) mass is 268 g/mol.